The second kappa shape index (κ2) is 5.06. The summed E-state index contributed by atoms with van der Waals surface area (Å²) < 4.78 is 0. The van der Waals surface area contributed by atoms with Crippen LogP contribution < -0.4 is 5.32 Å². The number of hydrogen-bond donors (Lipinski definition) is 2. The first kappa shape index (κ1) is 7.92. The van der Waals surface area contributed by atoms with E-state index in [0.29, 0.717) is 0 Å². The minimum absolute atomic E-state index is 0. The van der Waals surface area contributed by atoms with Gasteiger partial charge in [-0.25, -0.2) is 0 Å². The summed E-state index contributed by atoms with van der Waals surface area (Å²) in [5.74, 6) is 0.935. The maximum absolute atomic E-state index is 7.00. The Balaban J connectivity index is 0. The molecule has 0 aromatic carbocycles. The van der Waals surface area contributed by atoms with Crippen molar-refractivity contribution in [1.29, 1.82) is 0 Å². The number of hydrogen-bond acceptors (Lipinski definition) is 2. The van der Waals surface area contributed by atoms with Crippen molar-refractivity contribution in [2.75, 3.05) is 20.2 Å². The molecule has 0 bridgehead atoms. The summed E-state index contributed by atoms with van der Waals surface area (Å²) in [6.45, 7) is 4.75. The van der Waals surface area contributed by atoms with Crippen molar-refractivity contribution in [2.45, 2.75) is 13.3 Å². The zero-order chi connectivity index (χ0) is 6.41. The molecule has 1 fully saturated rings. The predicted octanol–water partition coefficient (Wildman–Crippen LogP) is 0.470. The summed E-state index contributed by atoms with van der Waals surface area (Å²) >= 11 is 0. The zero-order valence-corrected chi connectivity index (χ0v) is 5.65. The lowest BCUT2D eigenvalue weighted by Crippen LogP contribution is -2.06. The van der Waals surface area contributed by atoms with Gasteiger partial charge < -0.3 is 10.4 Å². The number of aliphatic hydroxyl groups is 1. The van der Waals surface area contributed by atoms with Crippen LogP contribution in [0.15, 0.2) is 0 Å². The molecule has 52 valence electrons. The summed E-state index contributed by atoms with van der Waals surface area (Å²) in [5.41, 5.74) is 0. The molecule has 0 spiro atoms. The van der Waals surface area contributed by atoms with E-state index in [4.69, 9.17) is 5.11 Å². The highest BCUT2D eigenvalue weighted by Crippen LogP contribution is 2.03. The molecule has 0 saturated carbocycles. The quantitative estimate of drug-likeness (QED) is 0.486. The Labute approximate surface area is 52.4 Å². The lowest BCUT2D eigenvalue weighted by atomic mass is 10.2. The van der Waals surface area contributed by atoms with Gasteiger partial charge in [-0.1, -0.05) is 6.92 Å². The number of nitrogens with one attached hydrogen (secondary N) is 1. The Morgan fingerprint density at radius 1 is 1.62 bits per heavy atom. The fourth-order valence-corrected chi connectivity index (χ4v) is 0.799. The highest BCUT2D eigenvalue weighted by Gasteiger charge is 2.06. The average Bonchev–Trinajstić information content (AvgIpc) is 2.24. The molecule has 2 heteroatoms. The minimum atomic E-state index is 0. The van der Waals surface area contributed by atoms with Crippen molar-refractivity contribution in [1.82, 2.24) is 5.32 Å². The molecule has 1 saturated heterocycles. The van der Waals surface area contributed by atoms with Gasteiger partial charge in [-0.2, -0.15) is 0 Å². The summed E-state index contributed by atoms with van der Waals surface area (Å²) in [6, 6.07) is 0. The Morgan fingerprint density at radius 3 is 2.38 bits per heavy atom. The van der Waals surface area contributed by atoms with Crippen LogP contribution in [0.2, 0.25) is 0 Å². The molecule has 8 heavy (non-hydrogen) atoms. The Bertz CT molecular complexity index is 46.3. The first-order valence-corrected chi connectivity index (χ1v) is 3.05. The van der Waals surface area contributed by atoms with E-state index in [9.17, 15) is 0 Å². The molecule has 0 aromatic rings. The monoisotopic (exact) mass is 119 g/mol. The van der Waals surface area contributed by atoms with Crippen LogP contribution in [0.25, 0.3) is 0 Å². The smallest absolute Gasteiger partial charge is 0.0319 e. The van der Waals surface area contributed by atoms with E-state index in [2.05, 4.69) is 12.2 Å². The van der Waals surface area contributed by atoms with Crippen molar-refractivity contribution in [3.05, 3.63) is 0 Å². The van der Waals surface area contributed by atoms with Gasteiger partial charge in [0.1, 0.15) is 0 Å². The summed E-state index contributed by atoms with van der Waals surface area (Å²) in [5, 5.41) is 10.3. The highest BCUT2D eigenvalue weighted by molar-refractivity contribution is 4.65. The van der Waals surface area contributed by atoms with Gasteiger partial charge in [-0.05, 0) is 25.4 Å². The molecule has 0 unspecified atom stereocenters. The van der Waals surface area contributed by atoms with E-state index >= 15 is 0 Å². The van der Waals surface area contributed by atoms with Crippen molar-refractivity contribution >= 4 is 0 Å². The van der Waals surface area contributed by atoms with Gasteiger partial charge in [0.15, 0.2) is 0 Å². The summed E-state index contributed by atoms with van der Waals surface area (Å²) in [4.78, 5) is 0. The average molecular weight is 119 g/mol. The third-order valence-corrected chi connectivity index (χ3v) is 1.31. The van der Waals surface area contributed by atoms with Gasteiger partial charge >= 0.3 is 0 Å². The fourth-order valence-electron chi connectivity index (χ4n) is 0.799. The second-order valence-electron chi connectivity index (χ2n) is 2.10. The molecular formula is C6H17NO. The molecule has 0 amide bonds. The van der Waals surface area contributed by atoms with E-state index in [1.807, 2.05) is 0 Å². The maximum atomic E-state index is 7.00. The predicted molar refractivity (Wildman–Crippen MR) is 36.9 cm³/mol. The van der Waals surface area contributed by atoms with Gasteiger partial charge in [0, 0.05) is 8.54 Å². The van der Waals surface area contributed by atoms with Crippen LogP contribution in [-0.4, -0.2) is 25.3 Å². The zero-order valence-electron chi connectivity index (χ0n) is 5.65. The van der Waals surface area contributed by atoms with Crippen molar-refractivity contribution in [2.24, 2.45) is 5.92 Å². The van der Waals surface area contributed by atoms with Crippen molar-refractivity contribution in [3.63, 3.8) is 0 Å². The van der Waals surface area contributed by atoms with Crippen molar-refractivity contribution in [3.8, 4) is 0 Å². The maximum Gasteiger partial charge on any atom is 0.0319 e. The van der Waals surface area contributed by atoms with Crippen LogP contribution in [-0.2, 0) is 0 Å². The van der Waals surface area contributed by atoms with Crippen LogP contribution in [0.5, 0.6) is 0 Å². The Kier molecular flexibility index (Phi) is 5.01. The highest BCUT2D eigenvalue weighted by atomic mass is 16.2. The fraction of sp³-hybridized carbons (Fsp3) is 1.00. The third-order valence-electron chi connectivity index (χ3n) is 1.31. The number of aliphatic hydroxyl groups excluding tert-OH is 1. The molecule has 0 radical (unpaired) electrons. The molecule has 1 atom stereocenters. The Hall–Kier alpha value is -0.0800. The van der Waals surface area contributed by atoms with Gasteiger partial charge in [-0.15, -0.1) is 0 Å². The second-order valence-corrected chi connectivity index (χ2v) is 2.10. The lowest BCUT2D eigenvalue weighted by molar-refractivity contribution is 0.399. The molecule has 0 aliphatic carbocycles. The molecule has 0 aromatic heterocycles. The van der Waals surface area contributed by atoms with E-state index < -0.39 is 0 Å². The first-order chi connectivity index (χ1) is 3.89. The van der Waals surface area contributed by atoms with Gasteiger partial charge in [-0.3, -0.25) is 0 Å². The molecular weight excluding hydrogens is 102 g/mol. The lowest BCUT2D eigenvalue weighted by Gasteiger charge is -1.90. The molecule has 1 aliphatic heterocycles. The molecule has 2 nitrogen and oxygen atoms in total. The molecule has 2 N–H and O–H groups in total. The largest absolute Gasteiger partial charge is 0.400 e. The van der Waals surface area contributed by atoms with Gasteiger partial charge in [0.2, 0.25) is 0 Å². The van der Waals surface area contributed by atoms with E-state index in [-0.39, 0.29) is 1.43 Å². The number of rotatable bonds is 0. The van der Waals surface area contributed by atoms with Crippen LogP contribution in [0, 0.1) is 5.92 Å². The SMILES string of the molecule is CO.C[C@@H]1CCNC1.[HH]. The van der Waals surface area contributed by atoms with Crippen LogP contribution >= 0.6 is 0 Å². The van der Waals surface area contributed by atoms with Crippen molar-refractivity contribution < 1.29 is 6.53 Å². The Morgan fingerprint density at radius 2 is 2.25 bits per heavy atom. The summed E-state index contributed by atoms with van der Waals surface area (Å²) in [6.07, 6.45) is 1.38. The normalized spacial score (nSPS) is 26.6. The van der Waals surface area contributed by atoms with Gasteiger partial charge in [0.05, 0.1) is 0 Å². The first-order valence-electron chi connectivity index (χ1n) is 3.05. The van der Waals surface area contributed by atoms with Crippen LogP contribution in [0.4, 0.5) is 0 Å². The molecule has 1 heterocycles. The van der Waals surface area contributed by atoms with Gasteiger partial charge in [0.25, 0.3) is 0 Å². The van der Waals surface area contributed by atoms with Crippen LogP contribution in [0.3, 0.4) is 0 Å². The topological polar surface area (TPSA) is 32.3 Å². The molecule has 1 rings (SSSR count). The van der Waals surface area contributed by atoms with E-state index in [1.54, 1.807) is 0 Å². The summed E-state index contributed by atoms with van der Waals surface area (Å²) in [7, 11) is 1.00. The standard InChI is InChI=1S/C5H11N.CH4O.H2/c1-5-2-3-6-4-5;1-2;/h5-6H,2-4H2,1H3;2H,1H3;1H/t5-;;/m1../s1. The minimum Gasteiger partial charge on any atom is -0.400 e. The van der Waals surface area contributed by atoms with E-state index in [0.717, 1.165) is 13.0 Å². The van der Waals surface area contributed by atoms with Crippen LogP contribution in [0.1, 0.15) is 14.8 Å². The van der Waals surface area contributed by atoms with E-state index in [1.165, 1.54) is 19.5 Å². The molecule has 1 aliphatic rings. The third kappa shape index (κ3) is 2.99.